The third kappa shape index (κ3) is 5.54. The SMILES string of the molecule is CCOc1cccc(N(CC(=O)NC[C@H]2COc3ccccc3O2)S(C)(=O)=O)c1. The minimum atomic E-state index is -3.67. The lowest BCUT2D eigenvalue weighted by molar-refractivity contribution is -0.120. The van der Waals surface area contributed by atoms with Crippen LogP contribution >= 0.6 is 0 Å². The van der Waals surface area contributed by atoms with Crippen LogP contribution in [-0.2, 0) is 14.8 Å². The van der Waals surface area contributed by atoms with Crippen LogP contribution < -0.4 is 23.8 Å². The molecule has 1 amide bonds. The van der Waals surface area contributed by atoms with E-state index in [9.17, 15) is 13.2 Å². The summed E-state index contributed by atoms with van der Waals surface area (Å²) in [6.07, 6.45) is 0.699. The van der Waals surface area contributed by atoms with Gasteiger partial charge in [0, 0.05) is 6.07 Å². The predicted octanol–water partition coefficient (Wildman–Crippen LogP) is 1.81. The predicted molar refractivity (Wildman–Crippen MR) is 109 cm³/mol. The second-order valence-corrected chi connectivity index (χ2v) is 8.41. The zero-order valence-electron chi connectivity index (χ0n) is 16.3. The molecule has 0 fully saturated rings. The molecule has 29 heavy (non-hydrogen) atoms. The van der Waals surface area contributed by atoms with Crippen LogP contribution in [0.1, 0.15) is 6.92 Å². The zero-order valence-corrected chi connectivity index (χ0v) is 17.1. The monoisotopic (exact) mass is 420 g/mol. The highest BCUT2D eigenvalue weighted by molar-refractivity contribution is 7.92. The van der Waals surface area contributed by atoms with Crippen molar-refractivity contribution in [2.75, 3.05) is 36.9 Å². The first-order valence-corrected chi connectivity index (χ1v) is 11.1. The number of amides is 1. The Labute approximate surface area is 170 Å². The molecule has 0 radical (unpaired) electrons. The number of nitrogens with one attached hydrogen (secondary N) is 1. The van der Waals surface area contributed by atoms with Crippen LogP contribution in [0.5, 0.6) is 17.2 Å². The minimum Gasteiger partial charge on any atom is -0.494 e. The second kappa shape index (κ2) is 9.04. The Kier molecular flexibility index (Phi) is 6.48. The molecule has 0 saturated carbocycles. The van der Waals surface area contributed by atoms with Crippen molar-refractivity contribution in [3.8, 4) is 17.2 Å². The van der Waals surface area contributed by atoms with Gasteiger partial charge in [-0.1, -0.05) is 18.2 Å². The highest BCUT2D eigenvalue weighted by Crippen LogP contribution is 2.30. The van der Waals surface area contributed by atoms with Gasteiger partial charge in [0.15, 0.2) is 11.5 Å². The van der Waals surface area contributed by atoms with Gasteiger partial charge in [-0.3, -0.25) is 9.10 Å². The zero-order chi connectivity index (χ0) is 20.9. The van der Waals surface area contributed by atoms with Gasteiger partial charge in [0.1, 0.15) is 25.0 Å². The number of nitrogens with zero attached hydrogens (tertiary/aromatic N) is 1. The van der Waals surface area contributed by atoms with Crippen molar-refractivity contribution in [2.24, 2.45) is 0 Å². The maximum atomic E-state index is 12.4. The van der Waals surface area contributed by atoms with Gasteiger partial charge in [-0.05, 0) is 31.2 Å². The number of para-hydroxylation sites is 2. The summed E-state index contributed by atoms with van der Waals surface area (Å²) in [4.78, 5) is 12.4. The van der Waals surface area contributed by atoms with E-state index >= 15 is 0 Å². The van der Waals surface area contributed by atoms with E-state index in [4.69, 9.17) is 14.2 Å². The molecule has 9 heteroatoms. The Morgan fingerprint density at radius 2 is 1.97 bits per heavy atom. The van der Waals surface area contributed by atoms with Crippen molar-refractivity contribution < 1.29 is 27.4 Å². The molecular formula is C20H24N2O6S. The van der Waals surface area contributed by atoms with Crippen LogP contribution in [0.2, 0.25) is 0 Å². The number of rotatable bonds is 8. The van der Waals surface area contributed by atoms with Crippen LogP contribution in [0.3, 0.4) is 0 Å². The van der Waals surface area contributed by atoms with E-state index in [2.05, 4.69) is 5.32 Å². The summed E-state index contributed by atoms with van der Waals surface area (Å²) in [7, 11) is -3.67. The average molecular weight is 420 g/mol. The quantitative estimate of drug-likeness (QED) is 0.700. The summed E-state index contributed by atoms with van der Waals surface area (Å²) in [5.74, 6) is 1.36. The van der Waals surface area contributed by atoms with Crippen molar-refractivity contribution >= 4 is 21.6 Å². The maximum absolute atomic E-state index is 12.4. The second-order valence-electron chi connectivity index (χ2n) is 6.50. The van der Waals surface area contributed by atoms with Crippen LogP contribution in [0.4, 0.5) is 5.69 Å². The molecule has 0 aliphatic carbocycles. The fraction of sp³-hybridized carbons (Fsp3) is 0.350. The Bertz CT molecular complexity index is 963. The molecule has 1 atom stereocenters. The first-order valence-electron chi connectivity index (χ1n) is 9.22. The third-order valence-electron chi connectivity index (χ3n) is 4.20. The number of anilines is 1. The van der Waals surface area contributed by atoms with Gasteiger partial charge in [-0.25, -0.2) is 8.42 Å². The van der Waals surface area contributed by atoms with Crippen molar-refractivity contribution in [2.45, 2.75) is 13.0 Å². The summed E-state index contributed by atoms with van der Waals surface area (Å²) in [6, 6.07) is 13.9. The number of fused-ring (bicyclic) bond motifs is 1. The molecule has 0 saturated heterocycles. The van der Waals surface area contributed by atoms with E-state index < -0.39 is 15.9 Å². The smallest absolute Gasteiger partial charge is 0.240 e. The molecule has 1 heterocycles. The lowest BCUT2D eigenvalue weighted by atomic mass is 10.2. The fourth-order valence-electron chi connectivity index (χ4n) is 2.87. The van der Waals surface area contributed by atoms with E-state index in [0.717, 1.165) is 10.6 Å². The molecule has 2 aromatic rings. The van der Waals surface area contributed by atoms with Gasteiger partial charge in [0.2, 0.25) is 15.9 Å². The molecule has 8 nitrogen and oxygen atoms in total. The highest BCUT2D eigenvalue weighted by Gasteiger charge is 2.24. The topological polar surface area (TPSA) is 94.2 Å². The van der Waals surface area contributed by atoms with Crippen molar-refractivity contribution in [3.63, 3.8) is 0 Å². The number of hydrogen-bond donors (Lipinski definition) is 1. The van der Waals surface area contributed by atoms with Crippen LogP contribution in [0.15, 0.2) is 48.5 Å². The third-order valence-corrected chi connectivity index (χ3v) is 5.34. The molecule has 0 spiro atoms. The number of carbonyl (C=O) groups excluding carboxylic acids is 1. The molecule has 156 valence electrons. The Balaban J connectivity index is 1.62. The normalized spacial score (nSPS) is 15.4. The summed E-state index contributed by atoms with van der Waals surface area (Å²) in [6.45, 7) is 2.44. The Morgan fingerprint density at radius 1 is 1.21 bits per heavy atom. The number of benzene rings is 2. The number of carbonyl (C=O) groups is 1. The van der Waals surface area contributed by atoms with Gasteiger partial charge in [-0.15, -0.1) is 0 Å². The molecule has 0 bridgehead atoms. The fourth-order valence-corrected chi connectivity index (χ4v) is 3.72. The lowest BCUT2D eigenvalue weighted by Crippen LogP contribution is -2.45. The van der Waals surface area contributed by atoms with E-state index in [1.165, 1.54) is 0 Å². The van der Waals surface area contributed by atoms with Gasteiger partial charge in [0.25, 0.3) is 0 Å². The molecule has 1 aliphatic heterocycles. The van der Waals surface area contributed by atoms with E-state index in [1.807, 2.05) is 25.1 Å². The largest absolute Gasteiger partial charge is 0.494 e. The van der Waals surface area contributed by atoms with E-state index in [1.54, 1.807) is 30.3 Å². The van der Waals surface area contributed by atoms with Gasteiger partial charge in [-0.2, -0.15) is 0 Å². The molecule has 0 unspecified atom stereocenters. The van der Waals surface area contributed by atoms with Crippen molar-refractivity contribution in [1.82, 2.24) is 5.32 Å². The Hall–Kier alpha value is -2.94. The summed E-state index contributed by atoms with van der Waals surface area (Å²) in [5, 5.41) is 2.71. The number of hydrogen-bond acceptors (Lipinski definition) is 6. The average Bonchev–Trinajstić information content (AvgIpc) is 2.70. The minimum absolute atomic E-state index is 0.198. The van der Waals surface area contributed by atoms with Crippen LogP contribution in [-0.4, -0.2) is 53.0 Å². The Morgan fingerprint density at radius 3 is 2.69 bits per heavy atom. The van der Waals surface area contributed by atoms with Gasteiger partial charge < -0.3 is 19.5 Å². The lowest BCUT2D eigenvalue weighted by Gasteiger charge is -2.27. The van der Waals surface area contributed by atoms with Crippen molar-refractivity contribution in [3.05, 3.63) is 48.5 Å². The van der Waals surface area contributed by atoms with Gasteiger partial charge in [0.05, 0.1) is 25.1 Å². The number of ether oxygens (including phenoxy) is 3. The summed E-state index contributed by atoms with van der Waals surface area (Å²) >= 11 is 0. The van der Waals surface area contributed by atoms with Crippen LogP contribution in [0.25, 0.3) is 0 Å². The van der Waals surface area contributed by atoms with Crippen molar-refractivity contribution in [1.29, 1.82) is 0 Å². The van der Waals surface area contributed by atoms with E-state index in [-0.39, 0.29) is 19.2 Å². The van der Waals surface area contributed by atoms with Gasteiger partial charge >= 0.3 is 0 Å². The number of sulfonamides is 1. The molecule has 3 rings (SSSR count). The summed E-state index contributed by atoms with van der Waals surface area (Å²) in [5.41, 5.74) is 0.361. The van der Waals surface area contributed by atoms with E-state index in [0.29, 0.717) is 36.1 Å². The molecule has 2 aromatic carbocycles. The molecule has 1 N–H and O–H groups in total. The highest BCUT2D eigenvalue weighted by atomic mass is 32.2. The standard InChI is InChI=1S/C20H24N2O6S/c1-3-26-16-8-6-7-15(11-16)22(29(2,24)25)13-20(23)21-12-17-14-27-18-9-4-5-10-19(18)28-17/h4-11,17H,3,12-14H2,1-2H3,(H,21,23)/t17-/m0/s1. The van der Waals surface area contributed by atoms with Crippen LogP contribution in [0, 0.1) is 0 Å². The first-order chi connectivity index (χ1) is 13.9. The molecule has 0 aromatic heterocycles. The first kappa shape index (κ1) is 20.8. The summed E-state index contributed by atoms with van der Waals surface area (Å²) < 4.78 is 42.3. The molecule has 1 aliphatic rings. The maximum Gasteiger partial charge on any atom is 0.240 e. The molecular weight excluding hydrogens is 396 g/mol.